The highest BCUT2D eigenvalue weighted by Gasteiger charge is 2.21. The summed E-state index contributed by atoms with van der Waals surface area (Å²) in [7, 11) is 1.78. The van der Waals surface area contributed by atoms with Crippen LogP contribution in [0.1, 0.15) is 50.5 Å². The molecule has 1 aromatic heterocycles. The van der Waals surface area contributed by atoms with Gasteiger partial charge in [0.15, 0.2) is 5.69 Å². The van der Waals surface area contributed by atoms with E-state index in [0.717, 1.165) is 25.8 Å². The topological polar surface area (TPSA) is 58.1 Å². The monoisotopic (exact) mass is 264 g/mol. The molecule has 0 radical (unpaired) electrons. The van der Waals surface area contributed by atoms with Gasteiger partial charge < -0.3 is 10.2 Å². The molecule has 1 rings (SSSR count). The molecular formula is C14H24N4O. The predicted molar refractivity (Wildman–Crippen MR) is 77.3 cm³/mol. The van der Waals surface area contributed by atoms with Crippen LogP contribution in [0.5, 0.6) is 0 Å². The molecule has 1 atom stereocenters. The smallest absolute Gasteiger partial charge is 0.274 e. The lowest BCUT2D eigenvalue weighted by Crippen LogP contribution is -2.39. The van der Waals surface area contributed by atoms with Gasteiger partial charge in [-0.25, -0.2) is 0 Å². The first kappa shape index (κ1) is 15.4. The number of unbranched alkanes of at least 4 members (excludes halogenated alkanes) is 1. The van der Waals surface area contributed by atoms with Gasteiger partial charge in [-0.3, -0.25) is 4.79 Å². The normalized spacial score (nSPS) is 12.0. The number of carbonyl (C=O) groups is 1. The summed E-state index contributed by atoms with van der Waals surface area (Å²) in [6.45, 7) is 7.07. The Morgan fingerprint density at radius 2 is 2.11 bits per heavy atom. The first-order chi connectivity index (χ1) is 9.13. The fourth-order valence-electron chi connectivity index (χ4n) is 1.80. The van der Waals surface area contributed by atoms with E-state index in [-0.39, 0.29) is 11.9 Å². The third kappa shape index (κ3) is 4.19. The van der Waals surface area contributed by atoms with Crippen molar-refractivity contribution >= 4 is 11.7 Å². The Morgan fingerprint density at radius 1 is 1.37 bits per heavy atom. The molecule has 0 saturated heterocycles. The summed E-state index contributed by atoms with van der Waals surface area (Å²) in [4.78, 5) is 14.3. The highest BCUT2D eigenvalue weighted by atomic mass is 16.2. The summed E-state index contributed by atoms with van der Waals surface area (Å²) in [6, 6.07) is 3.72. The van der Waals surface area contributed by atoms with E-state index in [1.54, 1.807) is 19.2 Å². The fraction of sp³-hybridized carbons (Fsp3) is 0.643. The zero-order valence-corrected chi connectivity index (χ0v) is 12.3. The van der Waals surface area contributed by atoms with Gasteiger partial charge in [-0.1, -0.05) is 20.3 Å². The van der Waals surface area contributed by atoms with Crippen molar-refractivity contribution in [1.29, 1.82) is 0 Å². The molecule has 5 heteroatoms. The molecule has 1 amide bonds. The van der Waals surface area contributed by atoms with Crippen LogP contribution in [0.15, 0.2) is 12.1 Å². The van der Waals surface area contributed by atoms with Gasteiger partial charge >= 0.3 is 0 Å². The Kier molecular flexibility index (Phi) is 6.25. The molecule has 0 aliphatic carbocycles. The molecule has 0 fully saturated rings. The van der Waals surface area contributed by atoms with Crippen LogP contribution in [0.25, 0.3) is 0 Å². The second-order valence-corrected chi connectivity index (χ2v) is 4.66. The molecule has 106 valence electrons. The maximum Gasteiger partial charge on any atom is 0.274 e. The number of amides is 1. The van der Waals surface area contributed by atoms with E-state index in [4.69, 9.17) is 0 Å². The van der Waals surface area contributed by atoms with E-state index in [9.17, 15) is 4.79 Å². The van der Waals surface area contributed by atoms with Crippen molar-refractivity contribution in [2.75, 3.05) is 18.9 Å². The van der Waals surface area contributed by atoms with E-state index >= 15 is 0 Å². The van der Waals surface area contributed by atoms with Crippen molar-refractivity contribution in [2.24, 2.45) is 0 Å². The zero-order valence-electron chi connectivity index (χ0n) is 12.3. The van der Waals surface area contributed by atoms with Crippen molar-refractivity contribution in [3.63, 3.8) is 0 Å². The van der Waals surface area contributed by atoms with Crippen molar-refractivity contribution in [2.45, 2.75) is 46.1 Å². The SMILES string of the molecule is CCCCN(C(=O)c1ccc(NC)nn1)C(C)CC. The third-order valence-corrected chi connectivity index (χ3v) is 3.28. The van der Waals surface area contributed by atoms with Crippen LogP contribution in [-0.2, 0) is 0 Å². The van der Waals surface area contributed by atoms with Crippen LogP contribution in [0.2, 0.25) is 0 Å². The van der Waals surface area contributed by atoms with Gasteiger partial charge in [-0.2, -0.15) is 0 Å². The number of anilines is 1. The molecule has 1 unspecified atom stereocenters. The Morgan fingerprint density at radius 3 is 2.58 bits per heavy atom. The molecule has 0 spiro atoms. The van der Waals surface area contributed by atoms with Crippen molar-refractivity contribution in [3.05, 3.63) is 17.8 Å². The number of hydrogen-bond donors (Lipinski definition) is 1. The van der Waals surface area contributed by atoms with E-state index in [0.29, 0.717) is 11.5 Å². The van der Waals surface area contributed by atoms with Crippen LogP contribution in [0, 0.1) is 0 Å². The number of rotatable bonds is 7. The van der Waals surface area contributed by atoms with Crippen LogP contribution < -0.4 is 5.32 Å². The number of nitrogens with zero attached hydrogens (tertiary/aromatic N) is 3. The second-order valence-electron chi connectivity index (χ2n) is 4.66. The Hall–Kier alpha value is -1.65. The Balaban J connectivity index is 2.84. The van der Waals surface area contributed by atoms with Gasteiger partial charge in [0.05, 0.1) is 0 Å². The second kappa shape index (κ2) is 7.71. The molecule has 1 heterocycles. The minimum atomic E-state index is -0.0297. The Labute approximate surface area is 115 Å². The lowest BCUT2D eigenvalue weighted by molar-refractivity contribution is 0.0678. The Bertz CT molecular complexity index is 391. The maximum absolute atomic E-state index is 12.5. The molecule has 19 heavy (non-hydrogen) atoms. The number of nitrogens with one attached hydrogen (secondary N) is 1. The molecule has 0 aromatic carbocycles. The minimum Gasteiger partial charge on any atom is -0.372 e. The molecule has 0 aliphatic heterocycles. The van der Waals surface area contributed by atoms with Crippen LogP contribution in [-0.4, -0.2) is 40.6 Å². The molecule has 0 bridgehead atoms. The van der Waals surface area contributed by atoms with Gasteiger partial charge in [0.2, 0.25) is 0 Å². The predicted octanol–water partition coefficient (Wildman–Crippen LogP) is 2.56. The van der Waals surface area contributed by atoms with Gasteiger partial charge in [-0.05, 0) is 31.9 Å². The van der Waals surface area contributed by atoms with Crippen LogP contribution >= 0.6 is 0 Å². The molecule has 5 nitrogen and oxygen atoms in total. The molecule has 0 aliphatic rings. The molecular weight excluding hydrogens is 240 g/mol. The van der Waals surface area contributed by atoms with Crippen molar-refractivity contribution in [3.8, 4) is 0 Å². The quantitative estimate of drug-likeness (QED) is 0.822. The lowest BCUT2D eigenvalue weighted by Gasteiger charge is -2.28. The van der Waals surface area contributed by atoms with Crippen molar-refractivity contribution < 1.29 is 4.79 Å². The summed E-state index contributed by atoms with van der Waals surface area (Å²) < 4.78 is 0. The van der Waals surface area contributed by atoms with Gasteiger partial charge in [0, 0.05) is 19.6 Å². The van der Waals surface area contributed by atoms with Gasteiger partial charge in [0.25, 0.3) is 5.91 Å². The summed E-state index contributed by atoms with van der Waals surface area (Å²) in [6.07, 6.45) is 3.03. The van der Waals surface area contributed by atoms with Gasteiger partial charge in [0.1, 0.15) is 5.82 Å². The zero-order chi connectivity index (χ0) is 14.3. The number of carbonyl (C=O) groups excluding carboxylic acids is 1. The molecule has 0 saturated carbocycles. The van der Waals surface area contributed by atoms with E-state index in [1.807, 2.05) is 4.90 Å². The highest BCUT2D eigenvalue weighted by Crippen LogP contribution is 2.11. The largest absolute Gasteiger partial charge is 0.372 e. The first-order valence-corrected chi connectivity index (χ1v) is 6.96. The van der Waals surface area contributed by atoms with E-state index in [2.05, 4.69) is 36.3 Å². The number of hydrogen-bond acceptors (Lipinski definition) is 4. The average Bonchev–Trinajstić information content (AvgIpc) is 2.47. The standard InChI is InChI=1S/C14H24N4O/c1-5-7-10-18(11(3)6-2)14(19)12-8-9-13(15-4)17-16-12/h8-9,11H,5-7,10H2,1-4H3,(H,15,17). The fourth-order valence-corrected chi connectivity index (χ4v) is 1.80. The summed E-state index contributed by atoms with van der Waals surface area (Å²) in [5.41, 5.74) is 0.412. The lowest BCUT2D eigenvalue weighted by atomic mass is 10.1. The van der Waals surface area contributed by atoms with Crippen LogP contribution in [0.3, 0.4) is 0 Å². The minimum absolute atomic E-state index is 0.0297. The summed E-state index contributed by atoms with van der Waals surface area (Å²) in [5, 5.41) is 10.8. The van der Waals surface area contributed by atoms with E-state index < -0.39 is 0 Å². The maximum atomic E-state index is 12.5. The molecule has 1 aromatic rings. The van der Waals surface area contributed by atoms with Crippen LogP contribution in [0.4, 0.5) is 5.82 Å². The highest BCUT2D eigenvalue weighted by molar-refractivity contribution is 5.92. The first-order valence-electron chi connectivity index (χ1n) is 6.96. The van der Waals surface area contributed by atoms with Gasteiger partial charge in [-0.15, -0.1) is 10.2 Å². The molecule has 1 N–H and O–H groups in total. The van der Waals surface area contributed by atoms with Crippen molar-refractivity contribution in [1.82, 2.24) is 15.1 Å². The summed E-state index contributed by atoms with van der Waals surface area (Å²) in [5.74, 6) is 0.637. The summed E-state index contributed by atoms with van der Waals surface area (Å²) >= 11 is 0. The number of aromatic nitrogens is 2. The third-order valence-electron chi connectivity index (χ3n) is 3.28. The van der Waals surface area contributed by atoms with E-state index in [1.165, 1.54) is 0 Å². The average molecular weight is 264 g/mol.